The van der Waals surface area contributed by atoms with Gasteiger partial charge in [-0.25, -0.2) is 14.4 Å². The second-order valence-corrected chi connectivity index (χ2v) is 7.47. The van der Waals surface area contributed by atoms with Crippen molar-refractivity contribution in [3.8, 4) is 0 Å². The first kappa shape index (κ1) is 19.6. The fourth-order valence-corrected chi connectivity index (χ4v) is 3.82. The summed E-state index contributed by atoms with van der Waals surface area (Å²) in [6, 6.07) is 6.46. The van der Waals surface area contributed by atoms with Crippen LogP contribution in [0.1, 0.15) is 29.9 Å². The summed E-state index contributed by atoms with van der Waals surface area (Å²) in [6.07, 6.45) is -2.59. The number of hydrogen-bond donors (Lipinski definition) is 3. The van der Waals surface area contributed by atoms with E-state index in [9.17, 15) is 17.6 Å². The third kappa shape index (κ3) is 3.88. The molecule has 5 rings (SSSR count). The molecule has 0 bridgehead atoms. The average molecular weight is 431 g/mol. The van der Waals surface area contributed by atoms with Crippen molar-refractivity contribution in [3.05, 3.63) is 47.3 Å². The van der Waals surface area contributed by atoms with Crippen LogP contribution >= 0.6 is 0 Å². The molecular formula is C20H17F4N7. The van der Waals surface area contributed by atoms with Gasteiger partial charge in [-0.1, -0.05) is 0 Å². The van der Waals surface area contributed by atoms with Gasteiger partial charge in [-0.2, -0.15) is 13.2 Å². The predicted octanol–water partition coefficient (Wildman–Crippen LogP) is 4.27. The first-order chi connectivity index (χ1) is 14.9. The first-order valence-electron chi connectivity index (χ1n) is 9.75. The number of rotatable bonds is 3. The summed E-state index contributed by atoms with van der Waals surface area (Å²) in [6.45, 7) is 1.80. The minimum atomic E-state index is -4.47. The summed E-state index contributed by atoms with van der Waals surface area (Å²) >= 11 is 0. The summed E-state index contributed by atoms with van der Waals surface area (Å²) in [5, 5.41) is 13.7. The number of benzene rings is 2. The molecule has 160 valence electrons. The summed E-state index contributed by atoms with van der Waals surface area (Å²) in [5.74, 6) is 0.108. The van der Waals surface area contributed by atoms with Gasteiger partial charge in [0.15, 0.2) is 5.82 Å². The highest BCUT2D eigenvalue weighted by molar-refractivity contribution is 5.80. The van der Waals surface area contributed by atoms with Crippen LogP contribution in [0.5, 0.6) is 0 Å². The van der Waals surface area contributed by atoms with Gasteiger partial charge in [-0.15, -0.1) is 10.2 Å². The van der Waals surface area contributed by atoms with E-state index in [1.807, 2.05) is 6.07 Å². The Bertz CT molecular complexity index is 1260. The van der Waals surface area contributed by atoms with Gasteiger partial charge in [0.25, 0.3) is 0 Å². The maximum Gasteiger partial charge on any atom is 0.416 e. The normalized spacial score (nSPS) is 15.6. The SMILES string of the molecule is Fc1cc(C2CCNCC2)cc2[nH]c(Nc3nnc4cc(C(F)(F)F)ccc4n3)nc12. The molecule has 3 N–H and O–H groups in total. The number of fused-ring (bicyclic) bond motifs is 2. The minimum absolute atomic E-state index is 0.0163. The number of piperidine rings is 1. The van der Waals surface area contributed by atoms with E-state index >= 15 is 0 Å². The summed E-state index contributed by atoms with van der Waals surface area (Å²) in [4.78, 5) is 11.4. The molecule has 11 heteroatoms. The highest BCUT2D eigenvalue weighted by Gasteiger charge is 2.30. The quantitative estimate of drug-likeness (QED) is 0.420. The van der Waals surface area contributed by atoms with Gasteiger partial charge in [0.2, 0.25) is 11.9 Å². The van der Waals surface area contributed by atoms with Gasteiger partial charge >= 0.3 is 6.18 Å². The number of alkyl halides is 3. The topological polar surface area (TPSA) is 91.4 Å². The molecule has 0 unspecified atom stereocenters. The zero-order valence-corrected chi connectivity index (χ0v) is 16.1. The van der Waals surface area contributed by atoms with Crippen molar-refractivity contribution in [3.63, 3.8) is 0 Å². The lowest BCUT2D eigenvalue weighted by molar-refractivity contribution is -0.137. The molecule has 0 atom stereocenters. The van der Waals surface area contributed by atoms with Crippen molar-refractivity contribution in [2.24, 2.45) is 0 Å². The lowest BCUT2D eigenvalue weighted by atomic mass is 9.90. The van der Waals surface area contributed by atoms with Crippen LogP contribution in [0.4, 0.5) is 29.5 Å². The fraction of sp³-hybridized carbons (Fsp3) is 0.300. The Labute approximate surface area is 173 Å². The molecule has 1 fully saturated rings. The lowest BCUT2D eigenvalue weighted by Crippen LogP contribution is -2.26. The van der Waals surface area contributed by atoms with Crippen LogP contribution in [-0.2, 0) is 6.18 Å². The molecule has 31 heavy (non-hydrogen) atoms. The number of hydrogen-bond acceptors (Lipinski definition) is 6. The number of nitrogens with one attached hydrogen (secondary N) is 3. The first-order valence-corrected chi connectivity index (χ1v) is 9.75. The van der Waals surface area contributed by atoms with Gasteiger partial charge in [0.05, 0.1) is 16.6 Å². The van der Waals surface area contributed by atoms with Crippen molar-refractivity contribution in [1.29, 1.82) is 0 Å². The fourth-order valence-electron chi connectivity index (χ4n) is 3.82. The largest absolute Gasteiger partial charge is 0.416 e. The van der Waals surface area contributed by atoms with Crippen molar-refractivity contribution in [2.75, 3.05) is 18.4 Å². The molecule has 0 aliphatic carbocycles. The van der Waals surface area contributed by atoms with E-state index < -0.39 is 17.6 Å². The molecule has 1 aliphatic rings. The van der Waals surface area contributed by atoms with E-state index in [1.54, 1.807) is 0 Å². The molecule has 1 saturated heterocycles. The Balaban J connectivity index is 1.43. The minimum Gasteiger partial charge on any atom is -0.324 e. The second kappa shape index (κ2) is 7.41. The van der Waals surface area contributed by atoms with Crippen LogP contribution in [0.3, 0.4) is 0 Å². The molecule has 3 heterocycles. The van der Waals surface area contributed by atoms with Gasteiger partial charge < -0.3 is 10.3 Å². The van der Waals surface area contributed by atoms with Crippen molar-refractivity contribution >= 4 is 34.0 Å². The molecule has 1 aliphatic heterocycles. The molecule has 0 amide bonds. The third-order valence-electron chi connectivity index (χ3n) is 5.38. The number of imidazole rings is 1. The van der Waals surface area contributed by atoms with Gasteiger partial charge in [-0.05, 0) is 67.7 Å². The highest BCUT2D eigenvalue weighted by Crippen LogP contribution is 2.31. The molecule has 7 nitrogen and oxygen atoms in total. The molecule has 0 saturated carbocycles. The van der Waals surface area contributed by atoms with E-state index in [1.165, 1.54) is 12.1 Å². The molecule has 2 aromatic carbocycles. The predicted molar refractivity (Wildman–Crippen MR) is 107 cm³/mol. The van der Waals surface area contributed by atoms with E-state index in [-0.39, 0.29) is 34.4 Å². The van der Waals surface area contributed by atoms with Gasteiger partial charge in [0.1, 0.15) is 11.0 Å². The smallest absolute Gasteiger partial charge is 0.324 e. The summed E-state index contributed by atoms with van der Waals surface area (Å²) < 4.78 is 53.1. The zero-order chi connectivity index (χ0) is 21.6. The Kier molecular flexibility index (Phi) is 4.69. The van der Waals surface area contributed by atoms with Crippen LogP contribution in [0, 0.1) is 5.82 Å². The van der Waals surface area contributed by atoms with Crippen LogP contribution in [0.15, 0.2) is 30.3 Å². The zero-order valence-electron chi connectivity index (χ0n) is 16.1. The number of H-pyrrole nitrogens is 1. The molecule has 0 radical (unpaired) electrons. The number of halogens is 4. The van der Waals surface area contributed by atoms with E-state index in [0.717, 1.165) is 43.6 Å². The second-order valence-electron chi connectivity index (χ2n) is 7.47. The third-order valence-corrected chi connectivity index (χ3v) is 5.38. The van der Waals surface area contributed by atoms with Crippen LogP contribution < -0.4 is 10.6 Å². The Morgan fingerprint density at radius 1 is 0.968 bits per heavy atom. The van der Waals surface area contributed by atoms with E-state index in [4.69, 9.17) is 0 Å². The molecule has 0 spiro atoms. The summed E-state index contributed by atoms with van der Waals surface area (Å²) in [5.41, 5.74) is 1.08. The standard InChI is InChI=1S/C20H17F4N7/c21-13-7-11(10-3-5-25-6-4-10)8-16-17(13)28-18(27-16)29-19-26-14-2-1-12(20(22,23)24)9-15(14)30-31-19/h1-2,7-10,25H,3-6H2,(H2,26,27,28,29,31). The van der Waals surface area contributed by atoms with Crippen molar-refractivity contribution < 1.29 is 17.6 Å². The number of anilines is 2. The maximum absolute atomic E-state index is 14.6. The van der Waals surface area contributed by atoms with Crippen molar-refractivity contribution in [2.45, 2.75) is 24.9 Å². The van der Waals surface area contributed by atoms with Crippen LogP contribution in [-0.4, -0.2) is 38.2 Å². The molecule has 2 aromatic heterocycles. The van der Waals surface area contributed by atoms with E-state index in [2.05, 4.69) is 35.8 Å². The van der Waals surface area contributed by atoms with Crippen LogP contribution in [0.2, 0.25) is 0 Å². The maximum atomic E-state index is 14.6. The van der Waals surface area contributed by atoms with Gasteiger partial charge in [-0.3, -0.25) is 5.32 Å². The number of nitrogens with zero attached hydrogens (tertiary/aromatic N) is 4. The van der Waals surface area contributed by atoms with Gasteiger partial charge in [0, 0.05) is 0 Å². The molecular weight excluding hydrogens is 414 g/mol. The lowest BCUT2D eigenvalue weighted by Gasteiger charge is -2.22. The Morgan fingerprint density at radius 3 is 2.55 bits per heavy atom. The Hall–Kier alpha value is -3.34. The Morgan fingerprint density at radius 2 is 1.77 bits per heavy atom. The summed E-state index contributed by atoms with van der Waals surface area (Å²) in [7, 11) is 0. The molecule has 4 aromatic rings. The van der Waals surface area contributed by atoms with Crippen molar-refractivity contribution in [1.82, 2.24) is 30.5 Å². The number of aromatic nitrogens is 5. The van der Waals surface area contributed by atoms with Crippen LogP contribution in [0.25, 0.3) is 22.1 Å². The monoisotopic (exact) mass is 431 g/mol. The van der Waals surface area contributed by atoms with E-state index in [0.29, 0.717) is 5.52 Å². The average Bonchev–Trinajstić information content (AvgIpc) is 3.16. The highest BCUT2D eigenvalue weighted by atomic mass is 19.4. The number of aromatic amines is 1.